The number of nitrogens with one attached hydrogen (secondary N) is 1. The van der Waals surface area contributed by atoms with Crippen LogP contribution in [0.3, 0.4) is 0 Å². The van der Waals surface area contributed by atoms with E-state index in [0.29, 0.717) is 16.8 Å². The van der Waals surface area contributed by atoms with Gasteiger partial charge in [0.2, 0.25) is 11.8 Å². The number of hydrogen-bond donors (Lipinski definition) is 1. The molecule has 6 heteroatoms. The lowest BCUT2D eigenvalue weighted by Crippen LogP contribution is -3.00. The van der Waals surface area contributed by atoms with E-state index in [2.05, 4.69) is 21.2 Å². The van der Waals surface area contributed by atoms with E-state index in [1.54, 1.807) is 41.1 Å². The van der Waals surface area contributed by atoms with Crippen molar-refractivity contribution < 1.29 is 31.1 Å². The van der Waals surface area contributed by atoms with Crippen LogP contribution in [0.4, 0.5) is 5.69 Å². The fourth-order valence-electron chi connectivity index (χ4n) is 2.59. The number of carbonyl (C=O) groups excluding carboxylic acids is 2. The SMILES string of the molecule is CC(C(=O)c1ccc(Br)cc1)[n+]1cccc(NC(=O)c2ccccc2)c1.[Br-]. The first-order valence-corrected chi connectivity index (χ1v) is 9.01. The Morgan fingerprint density at radius 1 is 0.926 bits per heavy atom. The number of amides is 1. The van der Waals surface area contributed by atoms with E-state index >= 15 is 0 Å². The summed E-state index contributed by atoms with van der Waals surface area (Å²) in [6.07, 6.45) is 3.59. The molecule has 3 rings (SSSR count). The van der Waals surface area contributed by atoms with Crippen LogP contribution in [-0.4, -0.2) is 11.7 Å². The van der Waals surface area contributed by atoms with Gasteiger partial charge in [0.05, 0.1) is 0 Å². The minimum absolute atomic E-state index is 0. The van der Waals surface area contributed by atoms with E-state index in [9.17, 15) is 9.59 Å². The van der Waals surface area contributed by atoms with E-state index in [1.165, 1.54) is 0 Å². The number of halogens is 2. The highest BCUT2D eigenvalue weighted by atomic mass is 79.9. The van der Waals surface area contributed by atoms with Crippen molar-refractivity contribution in [3.05, 3.63) is 94.7 Å². The number of nitrogens with zero attached hydrogens (tertiary/aromatic N) is 1. The molecule has 0 aliphatic rings. The maximum atomic E-state index is 12.7. The molecule has 1 amide bonds. The van der Waals surface area contributed by atoms with Crippen molar-refractivity contribution in [3.8, 4) is 0 Å². The standard InChI is InChI=1S/C21H17BrN2O2.BrH/c1-15(20(25)16-9-11-18(22)12-10-16)24-13-5-8-19(14-24)23-21(26)17-6-3-2-4-7-17;/h2-15H,1H3;1H. The van der Waals surface area contributed by atoms with Crippen molar-refractivity contribution >= 4 is 33.3 Å². The summed E-state index contributed by atoms with van der Waals surface area (Å²) in [6.45, 7) is 1.84. The molecule has 2 aromatic carbocycles. The minimum Gasteiger partial charge on any atom is -1.00 e. The molecular formula is C21H18Br2N2O2. The van der Waals surface area contributed by atoms with Crippen molar-refractivity contribution in [2.24, 2.45) is 0 Å². The lowest BCUT2D eigenvalue weighted by molar-refractivity contribution is -0.704. The molecule has 3 aromatic rings. The van der Waals surface area contributed by atoms with Crippen LogP contribution in [0.5, 0.6) is 0 Å². The van der Waals surface area contributed by atoms with Crippen molar-refractivity contribution in [1.29, 1.82) is 0 Å². The van der Waals surface area contributed by atoms with Gasteiger partial charge in [-0.1, -0.05) is 46.3 Å². The molecule has 0 aliphatic heterocycles. The second-order valence-electron chi connectivity index (χ2n) is 5.91. The molecule has 4 nitrogen and oxygen atoms in total. The lowest BCUT2D eigenvalue weighted by atomic mass is 10.1. The molecule has 0 saturated heterocycles. The van der Waals surface area contributed by atoms with Crippen LogP contribution in [0, 0.1) is 0 Å². The number of hydrogen-bond acceptors (Lipinski definition) is 2. The molecule has 138 valence electrons. The molecular weight excluding hydrogens is 472 g/mol. The van der Waals surface area contributed by atoms with Crippen LogP contribution in [-0.2, 0) is 0 Å². The number of Topliss-reactive ketones (excluding diaryl/α,β-unsaturated/α-hetero) is 1. The zero-order chi connectivity index (χ0) is 18.5. The number of benzene rings is 2. The average molecular weight is 490 g/mol. The van der Waals surface area contributed by atoms with Crippen LogP contribution >= 0.6 is 15.9 Å². The van der Waals surface area contributed by atoms with Crippen LogP contribution in [0.25, 0.3) is 0 Å². The molecule has 1 unspecified atom stereocenters. The lowest BCUT2D eigenvalue weighted by Gasteiger charge is -2.09. The molecule has 1 heterocycles. The molecule has 0 saturated carbocycles. The summed E-state index contributed by atoms with van der Waals surface area (Å²) in [5.41, 5.74) is 1.87. The summed E-state index contributed by atoms with van der Waals surface area (Å²) in [4.78, 5) is 25.0. The Kier molecular flexibility index (Phi) is 7.45. The molecule has 1 N–H and O–H groups in total. The Balaban J connectivity index is 0.00000261. The predicted molar refractivity (Wildman–Crippen MR) is 104 cm³/mol. The maximum absolute atomic E-state index is 12.7. The molecule has 0 fully saturated rings. The van der Waals surface area contributed by atoms with Crippen molar-refractivity contribution in [1.82, 2.24) is 0 Å². The first kappa shape index (κ1) is 21.0. The second-order valence-corrected chi connectivity index (χ2v) is 6.82. The van der Waals surface area contributed by atoms with E-state index in [1.807, 2.05) is 49.5 Å². The average Bonchev–Trinajstić information content (AvgIpc) is 2.68. The van der Waals surface area contributed by atoms with E-state index < -0.39 is 0 Å². The zero-order valence-corrected chi connectivity index (χ0v) is 17.8. The topological polar surface area (TPSA) is 50.0 Å². The van der Waals surface area contributed by atoms with Crippen molar-refractivity contribution in [3.63, 3.8) is 0 Å². The first-order chi connectivity index (χ1) is 12.5. The van der Waals surface area contributed by atoms with Gasteiger partial charge in [-0.3, -0.25) is 9.59 Å². The molecule has 0 spiro atoms. The molecule has 27 heavy (non-hydrogen) atoms. The van der Waals surface area contributed by atoms with E-state index in [-0.39, 0.29) is 34.7 Å². The summed E-state index contributed by atoms with van der Waals surface area (Å²) in [6, 6.07) is 19.5. The summed E-state index contributed by atoms with van der Waals surface area (Å²) < 4.78 is 2.73. The minimum atomic E-state index is -0.384. The van der Waals surface area contributed by atoms with Gasteiger partial charge in [-0.05, 0) is 30.3 Å². The van der Waals surface area contributed by atoms with Crippen molar-refractivity contribution in [2.45, 2.75) is 13.0 Å². The molecule has 1 atom stereocenters. The van der Waals surface area contributed by atoms with Crippen LogP contribution < -0.4 is 26.9 Å². The van der Waals surface area contributed by atoms with Crippen LogP contribution in [0.15, 0.2) is 83.6 Å². The Morgan fingerprint density at radius 3 is 2.26 bits per heavy atom. The molecule has 0 aliphatic carbocycles. The highest BCUT2D eigenvalue weighted by Crippen LogP contribution is 2.15. The fourth-order valence-corrected chi connectivity index (χ4v) is 2.86. The highest BCUT2D eigenvalue weighted by Gasteiger charge is 2.23. The third-order valence-electron chi connectivity index (χ3n) is 4.07. The fraction of sp³-hybridized carbons (Fsp3) is 0.0952. The van der Waals surface area contributed by atoms with E-state index in [4.69, 9.17) is 0 Å². The highest BCUT2D eigenvalue weighted by molar-refractivity contribution is 9.10. The second kappa shape index (κ2) is 9.58. The van der Waals surface area contributed by atoms with Gasteiger partial charge < -0.3 is 22.3 Å². The van der Waals surface area contributed by atoms with Gasteiger partial charge in [0.1, 0.15) is 5.69 Å². The first-order valence-electron chi connectivity index (χ1n) is 8.21. The number of anilines is 1. The number of pyridine rings is 1. The Hall–Kier alpha value is -2.31. The monoisotopic (exact) mass is 488 g/mol. The van der Waals surface area contributed by atoms with Gasteiger partial charge in [0.25, 0.3) is 5.91 Å². The number of aromatic nitrogens is 1. The summed E-state index contributed by atoms with van der Waals surface area (Å²) >= 11 is 3.37. The third-order valence-corrected chi connectivity index (χ3v) is 4.60. The summed E-state index contributed by atoms with van der Waals surface area (Å²) in [5, 5.41) is 2.86. The zero-order valence-electron chi connectivity index (χ0n) is 14.6. The quantitative estimate of drug-likeness (QED) is 0.435. The van der Waals surface area contributed by atoms with Gasteiger partial charge in [0, 0.05) is 28.6 Å². The van der Waals surface area contributed by atoms with Gasteiger partial charge in [-0.15, -0.1) is 0 Å². The molecule has 1 aromatic heterocycles. The smallest absolute Gasteiger partial charge is 0.255 e. The van der Waals surface area contributed by atoms with Gasteiger partial charge in [-0.25, -0.2) is 0 Å². The van der Waals surface area contributed by atoms with Crippen LogP contribution in [0.1, 0.15) is 33.7 Å². The van der Waals surface area contributed by atoms with Gasteiger partial charge in [0.15, 0.2) is 12.4 Å². The van der Waals surface area contributed by atoms with Crippen LogP contribution in [0.2, 0.25) is 0 Å². The summed E-state index contributed by atoms with van der Waals surface area (Å²) in [7, 11) is 0. The normalized spacial score (nSPS) is 11.2. The van der Waals surface area contributed by atoms with E-state index in [0.717, 1.165) is 4.47 Å². The van der Waals surface area contributed by atoms with Gasteiger partial charge >= 0.3 is 0 Å². The number of carbonyl (C=O) groups is 2. The van der Waals surface area contributed by atoms with Gasteiger partial charge in [-0.2, -0.15) is 4.57 Å². The Morgan fingerprint density at radius 2 is 1.59 bits per heavy atom. The summed E-state index contributed by atoms with van der Waals surface area (Å²) in [5.74, 6) is -0.177. The number of rotatable bonds is 5. The maximum Gasteiger partial charge on any atom is 0.255 e. The van der Waals surface area contributed by atoms with Crippen molar-refractivity contribution in [2.75, 3.05) is 5.32 Å². The Bertz CT molecular complexity index is 928. The number of ketones is 1. The predicted octanol–water partition coefficient (Wildman–Crippen LogP) is 1.44. The molecule has 0 radical (unpaired) electrons. The molecule has 0 bridgehead atoms. The largest absolute Gasteiger partial charge is 1.00 e. The third kappa shape index (κ3) is 5.34. The Labute approximate surface area is 177 Å².